The van der Waals surface area contributed by atoms with Gasteiger partial charge in [-0.25, -0.2) is 0 Å². The van der Waals surface area contributed by atoms with Gasteiger partial charge in [-0.1, -0.05) is 6.07 Å². The highest BCUT2D eigenvalue weighted by Crippen LogP contribution is 2.38. The number of nitrogens with one attached hydrogen (secondary N) is 1. The lowest BCUT2D eigenvalue weighted by Gasteiger charge is -2.25. The number of aryl methyl sites for hydroxylation is 1. The van der Waals surface area contributed by atoms with Gasteiger partial charge in [0.05, 0.1) is 0 Å². The van der Waals surface area contributed by atoms with Crippen LogP contribution in [-0.4, -0.2) is 11.7 Å². The molecule has 1 fully saturated rings. The Morgan fingerprint density at radius 3 is 2.65 bits per heavy atom. The van der Waals surface area contributed by atoms with Crippen LogP contribution in [0.3, 0.4) is 0 Å². The Morgan fingerprint density at radius 1 is 1.18 bits per heavy atom. The summed E-state index contributed by atoms with van der Waals surface area (Å²) in [5, 5.41) is 13.8. The SMILES string of the molecule is Cc1cc([C@@H]2CCCN2)c2c(c1O)CCCC2. The molecule has 1 aliphatic heterocycles. The fourth-order valence-corrected chi connectivity index (χ4v) is 3.37. The topological polar surface area (TPSA) is 32.3 Å². The summed E-state index contributed by atoms with van der Waals surface area (Å²) in [5.41, 5.74) is 5.19. The minimum absolute atomic E-state index is 0.529. The number of rotatable bonds is 1. The van der Waals surface area contributed by atoms with Gasteiger partial charge in [-0.05, 0) is 74.2 Å². The quantitative estimate of drug-likeness (QED) is 0.778. The maximum absolute atomic E-state index is 10.2. The van der Waals surface area contributed by atoms with Crippen LogP contribution in [0.4, 0.5) is 0 Å². The molecule has 0 spiro atoms. The summed E-state index contributed by atoms with van der Waals surface area (Å²) in [5.74, 6) is 0.557. The minimum Gasteiger partial charge on any atom is -0.507 e. The monoisotopic (exact) mass is 231 g/mol. The van der Waals surface area contributed by atoms with Gasteiger partial charge in [0.15, 0.2) is 0 Å². The van der Waals surface area contributed by atoms with Crippen molar-refractivity contribution in [1.29, 1.82) is 0 Å². The predicted molar refractivity (Wildman–Crippen MR) is 69.5 cm³/mol. The summed E-state index contributed by atoms with van der Waals surface area (Å²) in [6.45, 7) is 3.17. The molecule has 0 radical (unpaired) electrons. The second kappa shape index (κ2) is 4.34. The molecule has 17 heavy (non-hydrogen) atoms. The molecule has 0 saturated carbocycles. The van der Waals surface area contributed by atoms with Crippen molar-refractivity contribution in [3.8, 4) is 5.75 Å². The molecule has 1 aromatic carbocycles. The summed E-state index contributed by atoms with van der Waals surface area (Å²) in [7, 11) is 0. The van der Waals surface area contributed by atoms with Crippen LogP contribution in [0.15, 0.2) is 6.07 Å². The number of hydrogen-bond acceptors (Lipinski definition) is 2. The van der Waals surface area contributed by atoms with Crippen LogP contribution in [-0.2, 0) is 12.8 Å². The summed E-state index contributed by atoms with van der Waals surface area (Å²) >= 11 is 0. The zero-order valence-electron chi connectivity index (χ0n) is 10.6. The number of aromatic hydroxyl groups is 1. The zero-order valence-corrected chi connectivity index (χ0v) is 10.6. The van der Waals surface area contributed by atoms with E-state index in [9.17, 15) is 5.11 Å². The van der Waals surface area contributed by atoms with Crippen LogP contribution < -0.4 is 5.32 Å². The molecule has 0 bridgehead atoms. The molecule has 0 aromatic heterocycles. The number of phenolic OH excluding ortho intramolecular Hbond substituents is 1. The third-order valence-electron chi connectivity index (χ3n) is 4.28. The van der Waals surface area contributed by atoms with Crippen LogP contribution in [0.5, 0.6) is 5.75 Å². The first-order valence-corrected chi connectivity index (χ1v) is 6.85. The van der Waals surface area contributed by atoms with Gasteiger partial charge < -0.3 is 10.4 Å². The van der Waals surface area contributed by atoms with E-state index >= 15 is 0 Å². The largest absolute Gasteiger partial charge is 0.507 e. The van der Waals surface area contributed by atoms with Gasteiger partial charge in [0.1, 0.15) is 5.75 Å². The van der Waals surface area contributed by atoms with Crippen LogP contribution >= 0.6 is 0 Å². The van der Waals surface area contributed by atoms with Crippen LogP contribution in [0.25, 0.3) is 0 Å². The van der Waals surface area contributed by atoms with E-state index in [1.165, 1.54) is 42.4 Å². The Bertz CT molecular complexity index is 433. The second-order valence-corrected chi connectivity index (χ2v) is 5.44. The van der Waals surface area contributed by atoms with Crippen molar-refractivity contribution >= 4 is 0 Å². The van der Waals surface area contributed by atoms with Crippen LogP contribution in [0.1, 0.15) is 54.0 Å². The highest BCUT2D eigenvalue weighted by Gasteiger charge is 2.25. The molecular weight excluding hydrogens is 210 g/mol. The highest BCUT2D eigenvalue weighted by molar-refractivity contribution is 5.51. The standard InChI is InChI=1S/C15H21NO/c1-10-9-13(14-7-4-8-16-14)11-5-2-3-6-12(11)15(10)17/h9,14,16-17H,2-8H2,1H3/t14-/m0/s1. The van der Waals surface area contributed by atoms with Gasteiger partial charge in [0.2, 0.25) is 0 Å². The smallest absolute Gasteiger partial charge is 0.121 e. The van der Waals surface area contributed by atoms with Gasteiger partial charge in [-0.3, -0.25) is 0 Å². The maximum Gasteiger partial charge on any atom is 0.121 e. The van der Waals surface area contributed by atoms with Crippen molar-refractivity contribution in [2.24, 2.45) is 0 Å². The third-order valence-corrected chi connectivity index (χ3v) is 4.28. The van der Waals surface area contributed by atoms with E-state index < -0.39 is 0 Å². The minimum atomic E-state index is 0.529. The lowest BCUT2D eigenvalue weighted by Crippen LogP contribution is -2.17. The molecule has 1 atom stereocenters. The zero-order chi connectivity index (χ0) is 11.8. The summed E-state index contributed by atoms with van der Waals surface area (Å²) in [4.78, 5) is 0. The summed E-state index contributed by atoms with van der Waals surface area (Å²) in [6.07, 6.45) is 7.23. The molecule has 2 N–H and O–H groups in total. The van der Waals surface area contributed by atoms with Gasteiger partial charge in [0.25, 0.3) is 0 Å². The highest BCUT2D eigenvalue weighted by atomic mass is 16.3. The second-order valence-electron chi connectivity index (χ2n) is 5.44. The lowest BCUT2D eigenvalue weighted by atomic mass is 9.83. The van der Waals surface area contributed by atoms with Crippen LogP contribution in [0.2, 0.25) is 0 Å². The van der Waals surface area contributed by atoms with E-state index in [-0.39, 0.29) is 0 Å². The molecule has 92 valence electrons. The van der Waals surface area contributed by atoms with E-state index in [2.05, 4.69) is 11.4 Å². The maximum atomic E-state index is 10.2. The average molecular weight is 231 g/mol. The van der Waals surface area contributed by atoms with Crippen molar-refractivity contribution in [2.75, 3.05) is 6.54 Å². The first kappa shape index (κ1) is 11.1. The summed E-state index contributed by atoms with van der Waals surface area (Å²) < 4.78 is 0. The number of benzene rings is 1. The molecule has 1 heterocycles. The first-order valence-electron chi connectivity index (χ1n) is 6.85. The molecular formula is C15H21NO. The molecule has 3 rings (SSSR count). The summed E-state index contributed by atoms with van der Waals surface area (Å²) in [6, 6.07) is 2.74. The Kier molecular flexibility index (Phi) is 2.83. The Hall–Kier alpha value is -1.02. The van der Waals surface area contributed by atoms with Crippen molar-refractivity contribution < 1.29 is 5.11 Å². The average Bonchev–Trinajstić information content (AvgIpc) is 2.87. The van der Waals surface area contributed by atoms with Crippen molar-refractivity contribution in [3.05, 3.63) is 28.3 Å². The number of fused-ring (bicyclic) bond motifs is 1. The molecule has 1 aromatic rings. The Labute approximate surface area is 103 Å². The molecule has 1 saturated heterocycles. The molecule has 2 heteroatoms. The van der Waals surface area contributed by atoms with E-state index in [1.807, 2.05) is 6.92 Å². The van der Waals surface area contributed by atoms with Crippen molar-refractivity contribution in [2.45, 2.75) is 51.5 Å². The van der Waals surface area contributed by atoms with E-state index in [1.54, 1.807) is 0 Å². The third kappa shape index (κ3) is 1.85. The lowest BCUT2D eigenvalue weighted by molar-refractivity contribution is 0.455. The van der Waals surface area contributed by atoms with Gasteiger partial charge >= 0.3 is 0 Å². The Balaban J connectivity index is 2.10. The number of hydrogen-bond donors (Lipinski definition) is 2. The van der Waals surface area contributed by atoms with E-state index in [0.717, 1.165) is 24.9 Å². The molecule has 0 amide bonds. The van der Waals surface area contributed by atoms with Gasteiger partial charge in [-0.2, -0.15) is 0 Å². The van der Waals surface area contributed by atoms with E-state index in [4.69, 9.17) is 0 Å². The number of phenols is 1. The molecule has 0 unspecified atom stereocenters. The Morgan fingerprint density at radius 2 is 1.94 bits per heavy atom. The fraction of sp³-hybridized carbons (Fsp3) is 0.600. The van der Waals surface area contributed by atoms with Crippen LogP contribution in [0, 0.1) is 6.92 Å². The first-order chi connectivity index (χ1) is 8.27. The normalized spacial score (nSPS) is 23.7. The van der Waals surface area contributed by atoms with Gasteiger partial charge in [0, 0.05) is 6.04 Å². The molecule has 2 aliphatic rings. The van der Waals surface area contributed by atoms with Crippen molar-refractivity contribution in [3.63, 3.8) is 0 Å². The fourth-order valence-electron chi connectivity index (χ4n) is 3.37. The molecule has 2 nitrogen and oxygen atoms in total. The van der Waals surface area contributed by atoms with E-state index in [0.29, 0.717) is 11.8 Å². The molecule has 1 aliphatic carbocycles. The van der Waals surface area contributed by atoms with Crippen molar-refractivity contribution in [1.82, 2.24) is 5.32 Å². The predicted octanol–water partition coefficient (Wildman–Crippen LogP) is 3.00. The van der Waals surface area contributed by atoms with Gasteiger partial charge in [-0.15, -0.1) is 0 Å².